The third-order valence-electron chi connectivity index (χ3n) is 11.1. The molecule has 45 heavy (non-hydrogen) atoms. The molecule has 0 heterocycles. The fourth-order valence-corrected chi connectivity index (χ4v) is 9.09. The number of anilines is 2. The number of hydrogen-bond acceptors (Lipinski definition) is 6. The predicted molar refractivity (Wildman–Crippen MR) is 172 cm³/mol. The molecule has 236 valence electrons. The molecule has 1 N–H and O–H groups in total. The van der Waals surface area contributed by atoms with E-state index in [4.69, 9.17) is 27.9 Å². The van der Waals surface area contributed by atoms with E-state index in [9.17, 15) is 19.5 Å². The number of benzene rings is 2. The molecule has 4 aliphatic rings. The van der Waals surface area contributed by atoms with Crippen molar-refractivity contribution in [3.8, 4) is 0 Å². The molecule has 6 unspecified atom stereocenters. The second-order valence-electron chi connectivity index (χ2n) is 13.4. The molecular weight excluding hydrogens is 620 g/mol. The van der Waals surface area contributed by atoms with E-state index < -0.39 is 5.97 Å². The van der Waals surface area contributed by atoms with Crippen LogP contribution in [0.25, 0.3) is 0 Å². The predicted octanol–water partition coefficient (Wildman–Crippen LogP) is 5.25. The number of carbonyl (C=O) groups excluding carboxylic acids is 3. The maximum atomic E-state index is 11.9. The standard InChI is InChI=1S/C22H32O3.C14H11Cl2NO2.Na/c1-4-20(24)25-19-8-7-17-16-6-5-14-13-15(23)9-11-21(14,2)18(16)10-12-22(17,19)3;1-8-6-7-10(15)13(12(8)16)17-11-5-3-2-4-9(11)14(18)19;/h13,16-19H,4-12H2,1-3H3;2-7,17H,1H3,(H,18,19);/q;;+1/p-1. The monoisotopic (exact) mass is 661 g/mol. The van der Waals surface area contributed by atoms with Crippen LogP contribution in [-0.2, 0) is 14.3 Å². The van der Waals surface area contributed by atoms with Gasteiger partial charge >= 0.3 is 35.5 Å². The molecule has 0 spiro atoms. The van der Waals surface area contributed by atoms with Gasteiger partial charge < -0.3 is 20.0 Å². The van der Waals surface area contributed by atoms with E-state index in [1.807, 2.05) is 19.9 Å². The normalized spacial score (nSPS) is 29.8. The Hall–Kier alpha value is -1.83. The van der Waals surface area contributed by atoms with Crippen LogP contribution in [-0.4, -0.2) is 23.8 Å². The Morgan fingerprint density at radius 2 is 1.73 bits per heavy atom. The van der Waals surface area contributed by atoms with Crippen LogP contribution in [0.5, 0.6) is 0 Å². The number of ether oxygens (including phenoxy) is 1. The van der Waals surface area contributed by atoms with Crippen molar-refractivity contribution in [1.29, 1.82) is 0 Å². The van der Waals surface area contributed by atoms with E-state index >= 15 is 0 Å². The number of carboxylic acids is 1. The number of carbonyl (C=O) groups is 3. The summed E-state index contributed by atoms with van der Waals surface area (Å²) < 4.78 is 5.86. The quantitative estimate of drug-likeness (QED) is 0.347. The Labute approximate surface area is 299 Å². The molecule has 0 aromatic heterocycles. The maximum absolute atomic E-state index is 11.9. The first-order chi connectivity index (χ1) is 20.9. The largest absolute Gasteiger partial charge is 1.00 e. The number of aryl methyl sites for hydroxylation is 1. The molecule has 6 rings (SSSR count). The van der Waals surface area contributed by atoms with Crippen LogP contribution in [0, 0.1) is 35.5 Å². The molecule has 3 saturated carbocycles. The molecule has 0 amide bonds. The Morgan fingerprint density at radius 1 is 1.00 bits per heavy atom. The van der Waals surface area contributed by atoms with Crippen LogP contribution in [0.1, 0.15) is 94.5 Å². The van der Waals surface area contributed by atoms with Gasteiger partial charge in [0.1, 0.15) is 6.10 Å². The summed E-state index contributed by atoms with van der Waals surface area (Å²) in [5.41, 5.74) is 3.59. The number of carboxylic acid groups (broad SMARTS) is 1. The van der Waals surface area contributed by atoms with Gasteiger partial charge in [0.15, 0.2) is 5.78 Å². The van der Waals surface area contributed by atoms with E-state index in [1.165, 1.54) is 30.9 Å². The Balaban J connectivity index is 0.000000208. The molecule has 9 heteroatoms. The maximum Gasteiger partial charge on any atom is 1.00 e. The Morgan fingerprint density at radius 3 is 2.44 bits per heavy atom. The fourth-order valence-electron chi connectivity index (χ4n) is 8.62. The van der Waals surface area contributed by atoms with Crippen molar-refractivity contribution in [2.45, 2.75) is 91.6 Å². The zero-order valence-corrected chi connectivity index (χ0v) is 30.5. The van der Waals surface area contributed by atoms with E-state index in [2.05, 4.69) is 19.2 Å². The van der Waals surface area contributed by atoms with Gasteiger partial charge in [-0.2, -0.15) is 0 Å². The molecule has 3 fully saturated rings. The van der Waals surface area contributed by atoms with Crippen molar-refractivity contribution in [2.24, 2.45) is 28.6 Å². The van der Waals surface area contributed by atoms with E-state index in [-0.39, 0.29) is 58.0 Å². The average molecular weight is 663 g/mol. The number of hydrogen-bond donors (Lipinski definition) is 1. The second-order valence-corrected chi connectivity index (χ2v) is 14.2. The smallest absolute Gasteiger partial charge is 0.545 e. The van der Waals surface area contributed by atoms with Gasteiger partial charge in [-0.25, -0.2) is 0 Å². The first-order valence-corrected chi connectivity index (χ1v) is 16.6. The van der Waals surface area contributed by atoms with Crippen molar-refractivity contribution in [3.05, 3.63) is 69.2 Å². The van der Waals surface area contributed by atoms with Crippen molar-refractivity contribution >= 4 is 52.3 Å². The van der Waals surface area contributed by atoms with Gasteiger partial charge in [0.05, 0.1) is 21.7 Å². The number of allylic oxidation sites excluding steroid dienone is 1. The zero-order chi connectivity index (χ0) is 31.8. The second kappa shape index (κ2) is 14.5. The van der Waals surface area contributed by atoms with Gasteiger partial charge in [-0.1, -0.05) is 73.8 Å². The zero-order valence-electron chi connectivity index (χ0n) is 27.0. The van der Waals surface area contributed by atoms with E-state index in [0.29, 0.717) is 45.5 Å². The van der Waals surface area contributed by atoms with Crippen molar-refractivity contribution in [3.63, 3.8) is 0 Å². The SMILES string of the molecule is CCC(=O)OC1CCC2C3CCC4=CC(=O)CCC4(C)C3CCC12C.Cc1ccc(Cl)c(Nc2ccccc2C(=O)[O-])c1Cl.[Na+]. The van der Waals surface area contributed by atoms with Crippen LogP contribution < -0.4 is 40.0 Å². The number of ketones is 1. The molecular formula is C36H42Cl2NNaO5. The molecule has 0 saturated heterocycles. The summed E-state index contributed by atoms with van der Waals surface area (Å²) in [7, 11) is 0. The van der Waals surface area contributed by atoms with Crippen LogP contribution in [0.4, 0.5) is 11.4 Å². The minimum absolute atomic E-state index is 0. The van der Waals surface area contributed by atoms with Gasteiger partial charge in [0.2, 0.25) is 0 Å². The van der Waals surface area contributed by atoms with Crippen molar-refractivity contribution in [2.75, 3.05) is 5.32 Å². The summed E-state index contributed by atoms with van der Waals surface area (Å²) in [5, 5.41) is 14.9. The number of halogens is 2. The molecule has 4 aliphatic carbocycles. The van der Waals surface area contributed by atoms with Gasteiger partial charge in [-0.3, -0.25) is 9.59 Å². The van der Waals surface area contributed by atoms with Crippen molar-refractivity contribution < 1.29 is 53.8 Å². The first-order valence-electron chi connectivity index (χ1n) is 15.8. The van der Waals surface area contributed by atoms with Gasteiger partial charge in [0.25, 0.3) is 0 Å². The van der Waals surface area contributed by atoms with Crippen LogP contribution >= 0.6 is 23.2 Å². The molecule has 2 aromatic carbocycles. The van der Waals surface area contributed by atoms with Gasteiger partial charge in [-0.05, 0) is 98.8 Å². The molecule has 0 aliphatic heterocycles. The minimum atomic E-state index is -1.26. The van der Waals surface area contributed by atoms with Crippen molar-refractivity contribution in [1.82, 2.24) is 0 Å². The summed E-state index contributed by atoms with van der Waals surface area (Å²) in [4.78, 5) is 34.8. The first kappa shape index (κ1) is 36.0. The molecule has 0 radical (unpaired) electrons. The summed E-state index contributed by atoms with van der Waals surface area (Å²) in [6.07, 6.45) is 11.3. The minimum Gasteiger partial charge on any atom is -0.545 e. The van der Waals surface area contributed by atoms with Crippen LogP contribution in [0.2, 0.25) is 10.0 Å². The van der Waals surface area contributed by atoms with E-state index in [0.717, 1.165) is 43.6 Å². The van der Waals surface area contributed by atoms with Gasteiger partial charge in [-0.15, -0.1) is 0 Å². The van der Waals surface area contributed by atoms with Crippen LogP contribution in [0.3, 0.4) is 0 Å². The molecule has 2 aromatic rings. The molecule has 6 nitrogen and oxygen atoms in total. The summed E-state index contributed by atoms with van der Waals surface area (Å²) in [6, 6.07) is 9.91. The number of esters is 1. The fraction of sp³-hybridized carbons (Fsp3) is 0.528. The van der Waals surface area contributed by atoms with E-state index in [1.54, 1.807) is 30.3 Å². The number of para-hydroxylation sites is 1. The number of nitrogens with one attached hydrogen (secondary N) is 1. The van der Waals surface area contributed by atoms with Crippen LogP contribution in [0.15, 0.2) is 48.0 Å². The third kappa shape index (κ3) is 7.06. The Kier molecular flexibility index (Phi) is 11.6. The third-order valence-corrected chi connectivity index (χ3v) is 11.9. The topological polar surface area (TPSA) is 95.5 Å². The summed E-state index contributed by atoms with van der Waals surface area (Å²) in [5.74, 6) is 1.15. The number of fused-ring (bicyclic) bond motifs is 5. The number of aromatic carboxylic acids is 1. The molecule has 0 bridgehead atoms. The molecule has 6 atom stereocenters. The Bertz CT molecular complexity index is 1490. The average Bonchev–Trinajstić information content (AvgIpc) is 3.33. The van der Waals surface area contributed by atoms with Gasteiger partial charge in [0, 0.05) is 29.5 Å². The number of rotatable bonds is 5. The summed E-state index contributed by atoms with van der Waals surface area (Å²) >= 11 is 12.2. The summed E-state index contributed by atoms with van der Waals surface area (Å²) in [6.45, 7) is 8.53.